The van der Waals surface area contributed by atoms with Crippen molar-refractivity contribution >= 4 is 41.4 Å². The molecule has 7 N–H and O–H groups in total. The van der Waals surface area contributed by atoms with Gasteiger partial charge in [-0.25, -0.2) is 4.79 Å². The van der Waals surface area contributed by atoms with Crippen molar-refractivity contribution in [3.05, 3.63) is 23.8 Å². The summed E-state index contributed by atoms with van der Waals surface area (Å²) < 4.78 is 0. The standard InChI is InChI=1S/C21H28N4O12/c26-15-7-13(1-2-14(15)21(36)37)22-16(27)8-24(10-18(30)31)5-3-23(9-17(28)29)4-6-25(11-19(32)33)12-20(34)35/h1-2,7,26H,3-6,8-12H2,(H,22,27)(H,28,29)(H,30,31)(H,32,33)(H,34,35)(H,36,37). The summed E-state index contributed by atoms with van der Waals surface area (Å²) in [6.45, 7) is -2.97. The molecule has 1 aromatic carbocycles. The number of aromatic hydroxyl groups is 1. The third-order valence-electron chi connectivity index (χ3n) is 4.78. The lowest BCUT2D eigenvalue weighted by Gasteiger charge is -2.27. The molecule has 1 aromatic rings. The Morgan fingerprint density at radius 1 is 0.622 bits per heavy atom. The van der Waals surface area contributed by atoms with Crippen molar-refractivity contribution in [1.82, 2.24) is 14.7 Å². The zero-order chi connectivity index (χ0) is 28.1. The van der Waals surface area contributed by atoms with Crippen LogP contribution in [0, 0.1) is 0 Å². The molecule has 0 atom stereocenters. The normalized spacial score (nSPS) is 11.0. The van der Waals surface area contributed by atoms with E-state index >= 15 is 0 Å². The highest BCUT2D eigenvalue weighted by Crippen LogP contribution is 2.21. The van der Waals surface area contributed by atoms with Crippen LogP contribution in [0.2, 0.25) is 0 Å². The molecule has 16 heteroatoms. The van der Waals surface area contributed by atoms with E-state index in [2.05, 4.69) is 5.32 Å². The van der Waals surface area contributed by atoms with Gasteiger partial charge in [0.1, 0.15) is 11.3 Å². The molecular weight excluding hydrogens is 500 g/mol. The number of carbonyl (C=O) groups is 6. The van der Waals surface area contributed by atoms with Gasteiger partial charge in [-0.1, -0.05) is 0 Å². The first kappa shape index (κ1) is 30.8. The van der Waals surface area contributed by atoms with Gasteiger partial charge in [-0.05, 0) is 12.1 Å². The van der Waals surface area contributed by atoms with Crippen molar-refractivity contribution in [2.24, 2.45) is 0 Å². The SMILES string of the molecule is O=C(O)CN(CCN(CC(=O)O)CC(=O)O)CCN(CC(=O)O)CC(=O)Nc1ccc(C(=O)O)c(O)c1. The van der Waals surface area contributed by atoms with Crippen LogP contribution in [0.4, 0.5) is 5.69 Å². The predicted molar refractivity (Wildman–Crippen MR) is 124 cm³/mol. The van der Waals surface area contributed by atoms with E-state index in [4.69, 9.17) is 20.4 Å². The van der Waals surface area contributed by atoms with E-state index < -0.39 is 74.2 Å². The molecule has 0 spiro atoms. The molecule has 0 bridgehead atoms. The summed E-state index contributed by atoms with van der Waals surface area (Å²) in [5.74, 6) is -7.68. The molecule has 1 amide bonds. The van der Waals surface area contributed by atoms with Crippen molar-refractivity contribution < 1.29 is 59.4 Å². The highest BCUT2D eigenvalue weighted by molar-refractivity contribution is 5.95. The maximum atomic E-state index is 12.4. The minimum Gasteiger partial charge on any atom is -0.507 e. The summed E-state index contributed by atoms with van der Waals surface area (Å²) in [6.07, 6.45) is 0. The van der Waals surface area contributed by atoms with E-state index in [1.807, 2.05) is 0 Å². The summed E-state index contributed by atoms with van der Waals surface area (Å²) in [4.78, 5) is 71.4. The Kier molecular flexibility index (Phi) is 12.4. The Labute approximate surface area is 209 Å². The topological polar surface area (TPSA) is 246 Å². The number of aromatic carboxylic acids is 1. The van der Waals surface area contributed by atoms with Crippen LogP contribution in [0.5, 0.6) is 5.75 Å². The van der Waals surface area contributed by atoms with Crippen LogP contribution >= 0.6 is 0 Å². The van der Waals surface area contributed by atoms with Gasteiger partial charge < -0.3 is 36.0 Å². The number of nitrogens with zero attached hydrogens (tertiary/aromatic N) is 3. The van der Waals surface area contributed by atoms with Gasteiger partial charge >= 0.3 is 29.8 Å². The molecule has 16 nitrogen and oxygen atoms in total. The summed E-state index contributed by atoms with van der Waals surface area (Å²) in [7, 11) is 0. The fourth-order valence-corrected chi connectivity index (χ4v) is 3.22. The first-order valence-electron chi connectivity index (χ1n) is 10.7. The van der Waals surface area contributed by atoms with Crippen molar-refractivity contribution in [2.45, 2.75) is 0 Å². The van der Waals surface area contributed by atoms with Crippen LogP contribution in [0.25, 0.3) is 0 Å². The van der Waals surface area contributed by atoms with Crippen LogP contribution in [0.1, 0.15) is 10.4 Å². The smallest absolute Gasteiger partial charge is 0.339 e. The maximum Gasteiger partial charge on any atom is 0.339 e. The molecule has 1 rings (SSSR count). The van der Waals surface area contributed by atoms with Gasteiger partial charge in [0, 0.05) is 37.9 Å². The van der Waals surface area contributed by atoms with Gasteiger partial charge in [-0.15, -0.1) is 0 Å². The minimum absolute atomic E-state index is 0.0465. The van der Waals surface area contributed by atoms with E-state index in [1.165, 1.54) is 15.9 Å². The number of carbonyl (C=O) groups excluding carboxylic acids is 1. The van der Waals surface area contributed by atoms with Gasteiger partial charge in [-0.3, -0.25) is 38.7 Å². The third-order valence-corrected chi connectivity index (χ3v) is 4.78. The number of aliphatic carboxylic acids is 4. The Hall–Kier alpha value is -4.28. The van der Waals surface area contributed by atoms with Crippen molar-refractivity contribution in [1.29, 1.82) is 0 Å². The summed E-state index contributed by atoms with van der Waals surface area (Å²) in [5.41, 5.74) is -0.318. The fourth-order valence-electron chi connectivity index (χ4n) is 3.22. The number of anilines is 1. The number of phenols is 1. The molecule has 0 saturated heterocycles. The number of hydrogen-bond acceptors (Lipinski definition) is 10. The molecular formula is C21H28N4O12. The maximum absolute atomic E-state index is 12.4. The van der Waals surface area contributed by atoms with Crippen molar-refractivity contribution in [3.63, 3.8) is 0 Å². The average Bonchev–Trinajstić information content (AvgIpc) is 2.73. The summed E-state index contributed by atoms with van der Waals surface area (Å²) >= 11 is 0. The Bertz CT molecular complexity index is 999. The largest absolute Gasteiger partial charge is 0.507 e. The van der Waals surface area contributed by atoms with E-state index in [9.17, 15) is 39.0 Å². The molecule has 0 heterocycles. The molecule has 0 aromatic heterocycles. The van der Waals surface area contributed by atoms with E-state index in [0.29, 0.717) is 0 Å². The second-order valence-corrected chi connectivity index (χ2v) is 7.86. The number of rotatable bonds is 18. The lowest BCUT2D eigenvalue weighted by Crippen LogP contribution is -2.46. The Morgan fingerprint density at radius 3 is 1.43 bits per heavy atom. The van der Waals surface area contributed by atoms with E-state index in [0.717, 1.165) is 17.0 Å². The molecule has 0 aliphatic heterocycles. The molecule has 37 heavy (non-hydrogen) atoms. The van der Waals surface area contributed by atoms with Gasteiger partial charge in [0.2, 0.25) is 5.91 Å². The minimum atomic E-state index is -1.37. The number of hydrogen-bond donors (Lipinski definition) is 7. The van der Waals surface area contributed by atoms with E-state index in [1.54, 1.807) is 0 Å². The van der Waals surface area contributed by atoms with Crippen LogP contribution in [-0.2, 0) is 24.0 Å². The summed E-state index contributed by atoms with van der Waals surface area (Å²) in [5, 5.41) is 57.3. The van der Waals surface area contributed by atoms with Crippen LogP contribution in [0.3, 0.4) is 0 Å². The molecule has 0 aliphatic rings. The zero-order valence-corrected chi connectivity index (χ0v) is 19.6. The number of amides is 1. The lowest BCUT2D eigenvalue weighted by atomic mass is 10.2. The molecule has 0 radical (unpaired) electrons. The Balaban J connectivity index is 2.82. The second-order valence-electron chi connectivity index (χ2n) is 7.86. The quantitative estimate of drug-likeness (QED) is 0.112. The molecule has 0 aliphatic carbocycles. The monoisotopic (exact) mass is 528 g/mol. The summed E-state index contributed by atoms with van der Waals surface area (Å²) in [6, 6.07) is 3.32. The lowest BCUT2D eigenvalue weighted by molar-refractivity contribution is -0.143. The first-order valence-corrected chi connectivity index (χ1v) is 10.7. The van der Waals surface area contributed by atoms with Gasteiger partial charge in [0.15, 0.2) is 0 Å². The number of carboxylic acid groups (broad SMARTS) is 5. The molecule has 0 saturated carbocycles. The fraction of sp³-hybridized carbons (Fsp3) is 0.429. The zero-order valence-electron chi connectivity index (χ0n) is 19.6. The number of carboxylic acids is 5. The number of nitrogens with one attached hydrogen (secondary N) is 1. The van der Waals surface area contributed by atoms with E-state index in [-0.39, 0.29) is 37.4 Å². The highest BCUT2D eigenvalue weighted by Gasteiger charge is 2.20. The van der Waals surface area contributed by atoms with Gasteiger partial charge in [0.05, 0.1) is 32.7 Å². The second kappa shape index (κ2) is 15.0. The first-order chi connectivity index (χ1) is 17.3. The van der Waals surface area contributed by atoms with Gasteiger partial charge in [0.25, 0.3) is 0 Å². The Morgan fingerprint density at radius 2 is 1.03 bits per heavy atom. The third kappa shape index (κ3) is 12.8. The predicted octanol–water partition coefficient (Wildman–Crippen LogP) is -1.73. The van der Waals surface area contributed by atoms with Crippen LogP contribution in [-0.4, -0.2) is 140 Å². The highest BCUT2D eigenvalue weighted by atomic mass is 16.4. The molecule has 0 fully saturated rings. The van der Waals surface area contributed by atoms with Crippen LogP contribution < -0.4 is 5.32 Å². The van der Waals surface area contributed by atoms with Crippen molar-refractivity contribution in [2.75, 3.05) is 64.2 Å². The molecule has 0 unspecified atom stereocenters. The van der Waals surface area contributed by atoms with Crippen molar-refractivity contribution in [3.8, 4) is 5.75 Å². The van der Waals surface area contributed by atoms with Crippen LogP contribution in [0.15, 0.2) is 18.2 Å². The molecule has 204 valence electrons. The average molecular weight is 528 g/mol. The number of benzene rings is 1. The van der Waals surface area contributed by atoms with Gasteiger partial charge in [-0.2, -0.15) is 0 Å².